The topological polar surface area (TPSA) is 114 Å². The molecule has 0 radical (unpaired) electrons. The number of nitrogens with zero attached hydrogens (tertiary/aromatic N) is 1. The maximum atomic E-state index is 13.6. The Labute approximate surface area is 516 Å². The van der Waals surface area contributed by atoms with Crippen LogP contribution in [0.2, 0.25) is 0 Å². The number of amides is 1. The molecule has 0 rings (SSSR count). The Balaban J connectivity index is 5.26. The summed E-state index contributed by atoms with van der Waals surface area (Å²) in [7, 11) is 1.12. The SMILES string of the molecule is CC/C=C\C/C=C\C/C=C\C/C=C\C/C=C\C/C=C\CCCCCCCCCCC(=O)NC(COP(=O)([O-])OCC[N+](C)(C)C)C(/C=C\CCCCCCCCCCCC)OC(=O)CC/C=C\C/C=C\C/C=C\C/C=C\C/C=C\C/C=C\CC. The van der Waals surface area contributed by atoms with Crippen molar-refractivity contribution in [1.29, 1.82) is 0 Å². The van der Waals surface area contributed by atoms with E-state index in [0.29, 0.717) is 23.9 Å². The van der Waals surface area contributed by atoms with Crippen LogP contribution in [0.25, 0.3) is 0 Å². The van der Waals surface area contributed by atoms with Gasteiger partial charge in [-0.3, -0.25) is 14.2 Å². The minimum absolute atomic E-state index is 0.0442. The second-order valence-electron chi connectivity index (χ2n) is 22.9. The number of carbonyl (C=O) groups is 2. The van der Waals surface area contributed by atoms with E-state index in [-0.39, 0.29) is 25.4 Å². The molecule has 3 atom stereocenters. The van der Waals surface area contributed by atoms with Crippen LogP contribution in [0.4, 0.5) is 0 Å². The third kappa shape index (κ3) is 62.2. The van der Waals surface area contributed by atoms with Crippen molar-refractivity contribution in [2.45, 2.75) is 258 Å². The molecule has 1 N–H and O–H groups in total. The first-order valence-electron chi connectivity index (χ1n) is 33.3. The highest BCUT2D eigenvalue weighted by molar-refractivity contribution is 7.45. The summed E-state index contributed by atoms with van der Waals surface area (Å²) < 4.78 is 30.3. The fraction of sp³-hybridized carbons (Fsp3) is 0.622. The Morgan fingerprint density at radius 2 is 0.774 bits per heavy atom. The number of hydrogen-bond donors (Lipinski definition) is 1. The molecule has 0 saturated carbocycles. The quantitative estimate of drug-likeness (QED) is 0.0212. The number of phosphoric ester groups is 1. The Morgan fingerprint density at radius 3 is 1.17 bits per heavy atom. The van der Waals surface area contributed by atoms with Gasteiger partial charge in [0, 0.05) is 12.8 Å². The molecule has 0 aromatic heterocycles. The first kappa shape index (κ1) is 79.6. The molecule has 476 valence electrons. The zero-order chi connectivity index (χ0) is 61.4. The summed E-state index contributed by atoms with van der Waals surface area (Å²) in [5, 5.41) is 3.01. The van der Waals surface area contributed by atoms with Gasteiger partial charge in [-0.25, -0.2) is 0 Å². The summed E-state index contributed by atoms with van der Waals surface area (Å²) in [6, 6.07) is -0.937. The van der Waals surface area contributed by atoms with Crippen LogP contribution in [0.5, 0.6) is 0 Å². The van der Waals surface area contributed by atoms with Crippen LogP contribution in [-0.2, 0) is 27.9 Å². The van der Waals surface area contributed by atoms with Crippen LogP contribution in [0.3, 0.4) is 0 Å². The van der Waals surface area contributed by atoms with Gasteiger partial charge in [-0.15, -0.1) is 0 Å². The minimum Gasteiger partial charge on any atom is -0.756 e. The normalized spacial score (nSPS) is 14.6. The predicted octanol–water partition coefficient (Wildman–Crippen LogP) is 20.5. The van der Waals surface area contributed by atoms with Crippen molar-refractivity contribution >= 4 is 19.7 Å². The van der Waals surface area contributed by atoms with Gasteiger partial charge in [0.25, 0.3) is 7.82 Å². The number of esters is 1. The molecular formula is C74H123N2O7P. The van der Waals surface area contributed by atoms with Crippen LogP contribution in [0.1, 0.15) is 245 Å². The maximum absolute atomic E-state index is 13.6. The number of nitrogens with one attached hydrogen (secondary N) is 1. The van der Waals surface area contributed by atoms with Crippen LogP contribution < -0.4 is 10.2 Å². The number of unbranched alkanes of at least 4 members (excludes halogenated alkanes) is 18. The second-order valence-corrected chi connectivity index (χ2v) is 24.3. The van der Waals surface area contributed by atoms with Gasteiger partial charge in [0.15, 0.2) is 0 Å². The molecule has 0 aromatic carbocycles. The number of carbonyl (C=O) groups excluding carboxylic acids is 2. The van der Waals surface area contributed by atoms with Crippen LogP contribution in [0, 0.1) is 0 Å². The molecule has 9 nitrogen and oxygen atoms in total. The van der Waals surface area contributed by atoms with E-state index in [1.807, 2.05) is 39.4 Å². The van der Waals surface area contributed by atoms with Gasteiger partial charge in [0.2, 0.25) is 5.91 Å². The van der Waals surface area contributed by atoms with Crippen LogP contribution >= 0.6 is 7.82 Å². The van der Waals surface area contributed by atoms with Crippen LogP contribution in [-0.4, -0.2) is 69.4 Å². The van der Waals surface area contributed by atoms with Gasteiger partial charge in [-0.05, 0) is 122 Å². The van der Waals surface area contributed by atoms with Gasteiger partial charge in [0.1, 0.15) is 19.3 Å². The molecule has 0 spiro atoms. The lowest BCUT2D eigenvalue weighted by molar-refractivity contribution is -0.870. The third-order valence-electron chi connectivity index (χ3n) is 13.7. The molecule has 0 aliphatic carbocycles. The van der Waals surface area contributed by atoms with Crippen molar-refractivity contribution < 1.29 is 37.3 Å². The molecular weight excluding hydrogens is 1060 g/mol. The van der Waals surface area contributed by atoms with Gasteiger partial charge in [0.05, 0.1) is 33.8 Å². The summed E-state index contributed by atoms with van der Waals surface area (Å²) in [5.74, 6) is -0.660. The summed E-state index contributed by atoms with van der Waals surface area (Å²) in [6.07, 6.45) is 90.9. The average molecular weight is 1180 g/mol. The van der Waals surface area contributed by atoms with E-state index in [2.05, 4.69) is 160 Å². The number of hydrogen-bond acceptors (Lipinski definition) is 7. The van der Waals surface area contributed by atoms with Gasteiger partial charge < -0.3 is 28.5 Å². The van der Waals surface area contributed by atoms with Crippen molar-refractivity contribution in [2.24, 2.45) is 0 Å². The fourth-order valence-electron chi connectivity index (χ4n) is 8.67. The lowest BCUT2D eigenvalue weighted by atomic mass is 10.0. The van der Waals surface area contributed by atoms with E-state index < -0.39 is 32.5 Å². The second kappa shape index (κ2) is 61.7. The van der Waals surface area contributed by atoms with Crippen molar-refractivity contribution in [3.05, 3.63) is 158 Å². The summed E-state index contributed by atoms with van der Waals surface area (Å²) in [5.41, 5.74) is 0. The Morgan fingerprint density at radius 1 is 0.429 bits per heavy atom. The summed E-state index contributed by atoms with van der Waals surface area (Å²) >= 11 is 0. The van der Waals surface area contributed by atoms with Gasteiger partial charge in [-0.2, -0.15) is 0 Å². The lowest BCUT2D eigenvalue weighted by Gasteiger charge is -2.30. The minimum atomic E-state index is -4.73. The molecule has 0 aliphatic rings. The average Bonchev–Trinajstić information content (AvgIpc) is 3.64. The predicted molar refractivity (Wildman–Crippen MR) is 362 cm³/mol. The van der Waals surface area contributed by atoms with Crippen LogP contribution in [0.15, 0.2) is 158 Å². The molecule has 0 saturated heterocycles. The highest BCUT2D eigenvalue weighted by Gasteiger charge is 2.27. The van der Waals surface area contributed by atoms with Crippen molar-refractivity contribution in [3.63, 3.8) is 0 Å². The van der Waals surface area contributed by atoms with Crippen molar-refractivity contribution in [2.75, 3.05) is 40.9 Å². The molecule has 0 aromatic rings. The third-order valence-corrected chi connectivity index (χ3v) is 14.7. The van der Waals surface area contributed by atoms with Gasteiger partial charge >= 0.3 is 5.97 Å². The highest BCUT2D eigenvalue weighted by atomic mass is 31.2. The number of phosphoric acid groups is 1. The monoisotopic (exact) mass is 1180 g/mol. The standard InChI is InChI=1S/C74H123N2O7P/c1-7-10-13-16-19-22-25-28-30-32-34-35-36-37-38-39-40-41-43-44-46-48-51-54-57-60-63-66-73(77)75-71(70-82-84(79,80)81-69-68-76(4,5)6)72(65-62-59-56-53-50-27-24-21-18-15-12-9-3)83-74(78)67-64-61-58-55-52-49-47-45-42-33-31-29-26-23-20-17-14-11-8-2/h10-11,13-14,19-20,22-23,28-31,34-35,37-38,40-42,45,49,52,58,61-62,65,71-72H,7-9,12,15-18,21,24-27,32-33,36,39,43-44,46-48,50-51,53-57,59-60,63-64,66-70H2,1-6H3,(H-,75,77,79,80)/b13-10-,14-11-,22-19-,23-20-,30-28-,31-29-,35-34-,38-37-,41-40-,45-42-,52-49-,61-58-,65-62-. The number of allylic oxidation sites excluding steroid dienone is 25. The highest BCUT2D eigenvalue weighted by Crippen LogP contribution is 2.38. The van der Waals surface area contributed by atoms with E-state index in [1.54, 1.807) is 6.08 Å². The molecule has 3 unspecified atom stereocenters. The van der Waals surface area contributed by atoms with Gasteiger partial charge in [-0.1, -0.05) is 269 Å². The molecule has 10 heteroatoms. The van der Waals surface area contributed by atoms with E-state index >= 15 is 0 Å². The Kier molecular flexibility index (Phi) is 58.5. The maximum Gasteiger partial charge on any atom is 0.306 e. The smallest absolute Gasteiger partial charge is 0.306 e. The summed E-state index contributed by atoms with van der Waals surface area (Å²) in [6.45, 7) is 6.54. The number of quaternary nitrogens is 1. The van der Waals surface area contributed by atoms with E-state index in [1.165, 1.54) is 77.0 Å². The number of rotatable bonds is 58. The molecule has 0 bridgehead atoms. The largest absolute Gasteiger partial charge is 0.756 e. The summed E-state index contributed by atoms with van der Waals surface area (Å²) in [4.78, 5) is 40.1. The molecule has 0 heterocycles. The van der Waals surface area contributed by atoms with E-state index in [0.717, 1.165) is 122 Å². The Hall–Kier alpha value is -4.37. The fourth-order valence-corrected chi connectivity index (χ4v) is 9.39. The first-order valence-corrected chi connectivity index (χ1v) is 34.8. The van der Waals surface area contributed by atoms with E-state index in [9.17, 15) is 19.0 Å². The van der Waals surface area contributed by atoms with E-state index in [4.69, 9.17) is 13.8 Å². The van der Waals surface area contributed by atoms with Crippen molar-refractivity contribution in [3.8, 4) is 0 Å². The molecule has 0 fully saturated rings. The Bertz CT molecular complexity index is 1990. The number of ether oxygens (including phenoxy) is 1. The lowest BCUT2D eigenvalue weighted by Crippen LogP contribution is -2.47. The molecule has 1 amide bonds. The van der Waals surface area contributed by atoms with Crippen molar-refractivity contribution in [1.82, 2.24) is 5.32 Å². The zero-order valence-electron chi connectivity index (χ0n) is 54.3. The zero-order valence-corrected chi connectivity index (χ0v) is 55.2. The molecule has 0 aliphatic heterocycles. The molecule has 84 heavy (non-hydrogen) atoms. The number of likely N-dealkylation sites (N-methyl/N-ethyl adjacent to an activating group) is 1. The first-order chi connectivity index (χ1) is 40.9.